The molecule has 0 bridgehead atoms. The van der Waals surface area contributed by atoms with E-state index in [-0.39, 0.29) is 11.9 Å². The molecule has 0 saturated carbocycles. The molecule has 1 heterocycles. The number of ether oxygens (including phenoxy) is 1. The Labute approximate surface area is 118 Å². The summed E-state index contributed by atoms with van der Waals surface area (Å²) in [6.45, 7) is 2.59. The van der Waals surface area contributed by atoms with Crippen LogP contribution < -0.4 is 15.4 Å². The first kappa shape index (κ1) is 14.1. The minimum atomic E-state index is -0.453. The predicted molar refractivity (Wildman–Crippen MR) is 80.0 cm³/mol. The first-order valence-corrected chi connectivity index (χ1v) is 7.92. The van der Waals surface area contributed by atoms with Crippen LogP contribution in [0, 0.1) is 0 Å². The van der Waals surface area contributed by atoms with Gasteiger partial charge < -0.3 is 15.4 Å². The Morgan fingerprint density at radius 1 is 1.58 bits per heavy atom. The Morgan fingerprint density at radius 3 is 3.11 bits per heavy atom. The number of benzene rings is 1. The number of anilines is 1. The van der Waals surface area contributed by atoms with Crippen LogP contribution in [-0.2, 0) is 4.79 Å². The molecule has 2 atom stereocenters. The number of carbonyl (C=O) groups is 1. The van der Waals surface area contributed by atoms with Crippen molar-refractivity contribution in [1.82, 2.24) is 5.32 Å². The van der Waals surface area contributed by atoms with Crippen LogP contribution in [-0.4, -0.2) is 36.6 Å². The Hall–Kier alpha value is -1.36. The summed E-state index contributed by atoms with van der Waals surface area (Å²) in [4.78, 5) is 12.2. The lowest BCUT2D eigenvalue weighted by atomic mass is 10.2. The van der Waals surface area contributed by atoms with Crippen LogP contribution in [0.4, 0.5) is 5.69 Å². The van der Waals surface area contributed by atoms with Crippen molar-refractivity contribution in [3.63, 3.8) is 0 Å². The summed E-state index contributed by atoms with van der Waals surface area (Å²) in [6, 6.07) is 7.89. The van der Waals surface area contributed by atoms with E-state index in [1.54, 1.807) is 11.8 Å². The van der Waals surface area contributed by atoms with Crippen LogP contribution >= 0.6 is 11.8 Å². The summed E-state index contributed by atoms with van der Waals surface area (Å²) in [5, 5.41) is 6.27. The van der Waals surface area contributed by atoms with E-state index in [1.807, 2.05) is 30.5 Å². The second-order valence-electron chi connectivity index (χ2n) is 4.55. The molecule has 0 spiro atoms. The zero-order valence-corrected chi connectivity index (χ0v) is 12.1. The first-order valence-electron chi connectivity index (χ1n) is 6.53. The van der Waals surface area contributed by atoms with E-state index in [9.17, 15) is 4.79 Å². The molecule has 1 amide bonds. The molecule has 0 aromatic heterocycles. The van der Waals surface area contributed by atoms with Crippen molar-refractivity contribution in [2.75, 3.05) is 23.9 Å². The van der Waals surface area contributed by atoms with Crippen molar-refractivity contribution in [2.45, 2.75) is 25.5 Å². The van der Waals surface area contributed by atoms with Gasteiger partial charge in [-0.15, -0.1) is 0 Å². The molecule has 1 aromatic carbocycles. The van der Waals surface area contributed by atoms with E-state index in [4.69, 9.17) is 4.74 Å². The van der Waals surface area contributed by atoms with E-state index in [0.29, 0.717) is 6.54 Å². The van der Waals surface area contributed by atoms with Gasteiger partial charge in [-0.05, 0) is 24.8 Å². The fraction of sp³-hybridized carbons (Fsp3) is 0.500. The van der Waals surface area contributed by atoms with Gasteiger partial charge in [-0.1, -0.05) is 19.1 Å². The third-order valence-electron chi connectivity index (χ3n) is 3.13. The van der Waals surface area contributed by atoms with Crippen molar-refractivity contribution in [1.29, 1.82) is 0 Å². The lowest BCUT2D eigenvalue weighted by Gasteiger charge is -2.28. The molecule has 4 nitrogen and oxygen atoms in total. The van der Waals surface area contributed by atoms with Crippen molar-refractivity contribution in [3.05, 3.63) is 24.3 Å². The SMILES string of the molecule is CCC(CSC)NC(=O)C1CNc2ccccc2O1. The van der Waals surface area contributed by atoms with Gasteiger partial charge in [0.2, 0.25) is 0 Å². The topological polar surface area (TPSA) is 50.4 Å². The normalized spacial score (nSPS) is 18.7. The van der Waals surface area contributed by atoms with E-state index < -0.39 is 6.10 Å². The molecular weight excluding hydrogens is 260 g/mol. The zero-order valence-electron chi connectivity index (χ0n) is 11.3. The zero-order chi connectivity index (χ0) is 13.7. The van der Waals surface area contributed by atoms with Gasteiger partial charge in [0.1, 0.15) is 5.75 Å². The molecule has 1 aliphatic heterocycles. The molecule has 2 rings (SSSR count). The van der Waals surface area contributed by atoms with Crippen LogP contribution in [0.25, 0.3) is 0 Å². The molecule has 1 aromatic rings. The van der Waals surface area contributed by atoms with Gasteiger partial charge in [-0.25, -0.2) is 0 Å². The van der Waals surface area contributed by atoms with Gasteiger partial charge in [0.05, 0.1) is 12.2 Å². The molecule has 104 valence electrons. The third kappa shape index (κ3) is 3.56. The number of thioether (sulfide) groups is 1. The number of carbonyl (C=O) groups excluding carboxylic acids is 1. The number of para-hydroxylation sites is 2. The maximum Gasteiger partial charge on any atom is 0.263 e. The quantitative estimate of drug-likeness (QED) is 0.867. The van der Waals surface area contributed by atoms with Crippen LogP contribution in [0.2, 0.25) is 0 Å². The predicted octanol–water partition coefficient (Wildman–Crippen LogP) is 2.12. The summed E-state index contributed by atoms with van der Waals surface area (Å²) >= 11 is 1.74. The maximum absolute atomic E-state index is 12.2. The summed E-state index contributed by atoms with van der Waals surface area (Å²) in [6.07, 6.45) is 2.53. The average molecular weight is 280 g/mol. The van der Waals surface area contributed by atoms with E-state index in [1.165, 1.54) is 0 Å². The van der Waals surface area contributed by atoms with E-state index in [0.717, 1.165) is 23.6 Å². The van der Waals surface area contributed by atoms with E-state index >= 15 is 0 Å². The van der Waals surface area contributed by atoms with Gasteiger partial charge in [0.15, 0.2) is 6.10 Å². The van der Waals surface area contributed by atoms with Gasteiger partial charge >= 0.3 is 0 Å². The van der Waals surface area contributed by atoms with Crippen molar-refractivity contribution in [3.8, 4) is 5.75 Å². The van der Waals surface area contributed by atoms with Crippen LogP contribution in [0.5, 0.6) is 5.75 Å². The maximum atomic E-state index is 12.2. The molecule has 19 heavy (non-hydrogen) atoms. The molecule has 0 fully saturated rings. The highest BCUT2D eigenvalue weighted by Gasteiger charge is 2.26. The number of amides is 1. The number of rotatable bonds is 5. The Morgan fingerprint density at radius 2 is 2.37 bits per heavy atom. The van der Waals surface area contributed by atoms with E-state index in [2.05, 4.69) is 17.6 Å². The average Bonchev–Trinajstić information content (AvgIpc) is 2.46. The Balaban J connectivity index is 1.95. The van der Waals surface area contributed by atoms with Gasteiger partial charge in [-0.2, -0.15) is 11.8 Å². The number of nitrogens with one attached hydrogen (secondary N) is 2. The summed E-state index contributed by atoms with van der Waals surface area (Å²) in [5.41, 5.74) is 0.947. The summed E-state index contributed by atoms with van der Waals surface area (Å²) in [7, 11) is 0. The standard InChI is InChI=1S/C14H20N2O2S/c1-3-10(9-19-2)16-14(17)13-8-15-11-6-4-5-7-12(11)18-13/h4-7,10,13,15H,3,8-9H2,1-2H3,(H,16,17). The second kappa shape index (κ2) is 6.70. The minimum absolute atomic E-state index is 0.0390. The number of hydrogen-bond donors (Lipinski definition) is 2. The molecule has 2 N–H and O–H groups in total. The van der Waals surface area contributed by atoms with Crippen LogP contribution in [0.1, 0.15) is 13.3 Å². The molecule has 2 unspecified atom stereocenters. The monoisotopic (exact) mass is 280 g/mol. The van der Waals surface area contributed by atoms with Gasteiger partial charge in [0.25, 0.3) is 5.91 Å². The van der Waals surface area contributed by atoms with Gasteiger partial charge in [0, 0.05) is 11.8 Å². The van der Waals surface area contributed by atoms with Crippen molar-refractivity contribution in [2.24, 2.45) is 0 Å². The molecule has 0 aliphatic carbocycles. The number of fused-ring (bicyclic) bond motifs is 1. The summed E-state index contributed by atoms with van der Waals surface area (Å²) in [5.74, 6) is 1.63. The highest BCUT2D eigenvalue weighted by Crippen LogP contribution is 2.28. The lowest BCUT2D eigenvalue weighted by Crippen LogP contribution is -2.48. The Kier molecular flexibility index (Phi) is 4.96. The lowest BCUT2D eigenvalue weighted by molar-refractivity contribution is -0.128. The number of hydrogen-bond acceptors (Lipinski definition) is 4. The summed E-state index contributed by atoms with van der Waals surface area (Å²) < 4.78 is 5.74. The van der Waals surface area contributed by atoms with Crippen molar-refractivity contribution >= 4 is 23.4 Å². The molecule has 1 aliphatic rings. The highest BCUT2D eigenvalue weighted by molar-refractivity contribution is 7.98. The first-order chi connectivity index (χ1) is 9.24. The Bertz CT molecular complexity index is 439. The fourth-order valence-electron chi connectivity index (χ4n) is 2.02. The van der Waals surface area contributed by atoms with Crippen LogP contribution in [0.15, 0.2) is 24.3 Å². The second-order valence-corrected chi connectivity index (χ2v) is 5.46. The molecule has 0 saturated heterocycles. The molecule has 0 radical (unpaired) electrons. The fourth-order valence-corrected chi connectivity index (χ4v) is 2.74. The van der Waals surface area contributed by atoms with Crippen LogP contribution in [0.3, 0.4) is 0 Å². The largest absolute Gasteiger partial charge is 0.477 e. The highest BCUT2D eigenvalue weighted by atomic mass is 32.2. The van der Waals surface area contributed by atoms with Gasteiger partial charge in [-0.3, -0.25) is 4.79 Å². The minimum Gasteiger partial charge on any atom is -0.477 e. The smallest absolute Gasteiger partial charge is 0.263 e. The molecule has 5 heteroatoms. The molecular formula is C14H20N2O2S. The third-order valence-corrected chi connectivity index (χ3v) is 3.87. The van der Waals surface area contributed by atoms with Crippen molar-refractivity contribution < 1.29 is 9.53 Å².